The summed E-state index contributed by atoms with van der Waals surface area (Å²) in [5, 5.41) is 14.3. The number of esters is 1. The highest BCUT2D eigenvalue weighted by atomic mass is 32.2. The minimum absolute atomic E-state index is 0.166. The van der Waals surface area contributed by atoms with Gasteiger partial charge in [0.25, 0.3) is 0 Å². The van der Waals surface area contributed by atoms with Gasteiger partial charge in [0.1, 0.15) is 10.6 Å². The molecule has 0 aromatic carbocycles. The lowest BCUT2D eigenvalue weighted by Crippen LogP contribution is -2.35. The number of hydrogen-bond acceptors (Lipinski definition) is 7. The van der Waals surface area contributed by atoms with Gasteiger partial charge in [-0.2, -0.15) is 0 Å². The number of pyridine rings is 1. The van der Waals surface area contributed by atoms with E-state index in [0.717, 1.165) is 0 Å². The van der Waals surface area contributed by atoms with Crippen LogP contribution in [0, 0.1) is 0 Å². The predicted molar refractivity (Wildman–Crippen MR) is 92.1 cm³/mol. The fourth-order valence-electron chi connectivity index (χ4n) is 2.23. The van der Waals surface area contributed by atoms with Crippen LogP contribution in [0.5, 0.6) is 0 Å². The average Bonchev–Trinajstić information content (AvgIpc) is 2.98. The molecule has 136 valence electrons. The second-order valence-electron chi connectivity index (χ2n) is 5.83. The summed E-state index contributed by atoms with van der Waals surface area (Å²) in [5.41, 5.74) is -1.67. The lowest BCUT2D eigenvalue weighted by molar-refractivity contribution is -0.167. The van der Waals surface area contributed by atoms with Crippen molar-refractivity contribution < 1.29 is 24.3 Å². The monoisotopic (exact) mass is 368 g/mol. The van der Waals surface area contributed by atoms with E-state index in [1.165, 1.54) is 31.8 Å². The first-order valence-electron chi connectivity index (χ1n) is 7.81. The molecule has 1 aliphatic rings. The van der Waals surface area contributed by atoms with Crippen LogP contribution in [-0.2, 0) is 27.3 Å². The van der Waals surface area contributed by atoms with Crippen LogP contribution in [0.25, 0.3) is 0 Å². The number of rotatable bonds is 6. The molecule has 0 atom stereocenters. The lowest BCUT2D eigenvalue weighted by atomic mass is 10.1. The Kier molecular flexibility index (Phi) is 5.56. The maximum atomic E-state index is 12.3. The highest BCUT2D eigenvalue weighted by molar-refractivity contribution is 8.14. The van der Waals surface area contributed by atoms with Crippen LogP contribution >= 0.6 is 11.8 Å². The predicted octanol–water partition coefficient (Wildman–Crippen LogP) is 1.89. The molecule has 0 saturated heterocycles. The molecule has 2 heterocycles. The molecule has 0 aliphatic carbocycles. The van der Waals surface area contributed by atoms with E-state index in [9.17, 15) is 19.5 Å². The minimum atomic E-state index is -1.26. The van der Waals surface area contributed by atoms with E-state index in [-0.39, 0.29) is 18.6 Å². The summed E-state index contributed by atoms with van der Waals surface area (Å²) in [5.74, 6) is -1.80. The molecule has 0 radical (unpaired) electrons. The van der Waals surface area contributed by atoms with Gasteiger partial charge in [0.05, 0.1) is 11.6 Å². The van der Waals surface area contributed by atoms with Gasteiger partial charge in [0, 0.05) is 24.7 Å². The van der Waals surface area contributed by atoms with Crippen LogP contribution in [0.4, 0.5) is 0 Å². The molecule has 0 unspecified atom stereocenters. The van der Waals surface area contributed by atoms with Gasteiger partial charge in [-0.05, 0) is 27.7 Å². The summed E-state index contributed by atoms with van der Waals surface area (Å²) < 4.78 is 6.62. The first-order chi connectivity index (χ1) is 11.7. The fraction of sp³-hybridized carbons (Fsp3) is 0.500. The Morgan fingerprint density at radius 3 is 2.64 bits per heavy atom. The molecule has 2 rings (SSSR count). The van der Waals surface area contributed by atoms with Crippen molar-refractivity contribution in [2.24, 2.45) is 5.16 Å². The first kappa shape index (κ1) is 19.0. The molecule has 8 nitrogen and oxygen atoms in total. The van der Waals surface area contributed by atoms with Crippen LogP contribution in [0.3, 0.4) is 0 Å². The highest BCUT2D eigenvalue weighted by Crippen LogP contribution is 2.32. The average molecular weight is 368 g/mol. The number of hydrogen-bond donors (Lipinski definition) is 1. The van der Waals surface area contributed by atoms with E-state index in [1.807, 2.05) is 6.92 Å². The number of thioether (sulfide) groups is 1. The van der Waals surface area contributed by atoms with Gasteiger partial charge in [-0.3, -0.25) is 4.79 Å². The molecule has 0 fully saturated rings. The number of carboxylic acids is 1. The summed E-state index contributed by atoms with van der Waals surface area (Å²) >= 11 is 1.23. The largest absolute Gasteiger partial charge is 0.477 e. The molecular formula is C16H20N2O6S. The van der Waals surface area contributed by atoms with Crippen molar-refractivity contribution in [1.29, 1.82) is 0 Å². The van der Waals surface area contributed by atoms with Gasteiger partial charge in [-0.15, -0.1) is 0 Å². The maximum Gasteiger partial charge on any atom is 0.352 e. The number of oxime groups is 1. The van der Waals surface area contributed by atoms with Gasteiger partial charge >= 0.3 is 11.9 Å². The van der Waals surface area contributed by atoms with Crippen molar-refractivity contribution in [2.45, 2.75) is 51.3 Å². The van der Waals surface area contributed by atoms with Crippen molar-refractivity contribution in [2.75, 3.05) is 6.61 Å². The minimum Gasteiger partial charge on any atom is -0.477 e. The Bertz CT molecular complexity index is 797. The summed E-state index contributed by atoms with van der Waals surface area (Å²) in [6, 6.07) is 0. The van der Waals surface area contributed by atoms with Crippen molar-refractivity contribution >= 4 is 28.7 Å². The summed E-state index contributed by atoms with van der Waals surface area (Å²) in [7, 11) is 0. The van der Waals surface area contributed by atoms with Crippen LogP contribution in [0.15, 0.2) is 21.2 Å². The van der Waals surface area contributed by atoms with Crippen molar-refractivity contribution in [3.63, 3.8) is 0 Å². The zero-order chi connectivity index (χ0) is 18.8. The number of nitrogens with zero attached hydrogens (tertiary/aromatic N) is 2. The number of aromatic carboxylic acids is 1. The summed E-state index contributed by atoms with van der Waals surface area (Å²) in [6.07, 6.45) is 1.50. The third kappa shape index (κ3) is 3.87. The molecule has 25 heavy (non-hydrogen) atoms. The smallest absolute Gasteiger partial charge is 0.352 e. The number of fused-ring (bicyclic) bond motifs is 1. The van der Waals surface area contributed by atoms with Crippen LogP contribution in [0.2, 0.25) is 0 Å². The van der Waals surface area contributed by atoms with E-state index in [2.05, 4.69) is 5.16 Å². The molecule has 1 aromatic rings. The third-order valence-electron chi connectivity index (χ3n) is 3.58. The molecule has 0 bridgehead atoms. The molecule has 9 heteroatoms. The molecule has 0 spiro atoms. The van der Waals surface area contributed by atoms with Gasteiger partial charge in [-0.25, -0.2) is 9.59 Å². The molecule has 0 amide bonds. The van der Waals surface area contributed by atoms with E-state index in [4.69, 9.17) is 9.57 Å². The SMILES string of the molecule is CCOC(=O)C(C)(C)ON=C1Cc2c(n(CC)cc(C(=O)O)c2=O)S1. The third-order valence-corrected chi connectivity index (χ3v) is 4.71. The lowest BCUT2D eigenvalue weighted by Gasteiger charge is -2.19. The molecule has 0 saturated carbocycles. The first-order valence-corrected chi connectivity index (χ1v) is 8.62. The van der Waals surface area contributed by atoms with Gasteiger partial charge < -0.3 is 19.2 Å². The van der Waals surface area contributed by atoms with Crippen LogP contribution < -0.4 is 5.43 Å². The normalized spacial score (nSPS) is 15.1. The second-order valence-corrected chi connectivity index (χ2v) is 6.89. The summed E-state index contributed by atoms with van der Waals surface area (Å²) in [6.45, 7) is 7.37. The number of carbonyl (C=O) groups is 2. The highest BCUT2D eigenvalue weighted by Gasteiger charge is 2.33. The number of ether oxygens (including phenoxy) is 1. The van der Waals surface area contributed by atoms with Gasteiger partial charge in [0.15, 0.2) is 0 Å². The molecule has 1 N–H and O–H groups in total. The fourth-order valence-corrected chi connectivity index (χ4v) is 3.33. The summed E-state index contributed by atoms with van der Waals surface area (Å²) in [4.78, 5) is 40.7. The zero-order valence-electron chi connectivity index (χ0n) is 14.5. The standard InChI is InChI=1S/C16H20N2O6S/c1-5-18-8-10(14(20)21)12(19)9-7-11(25-13(9)18)17-24-16(3,4)15(22)23-6-2/h8H,5-7H2,1-4H3,(H,20,21). The van der Waals surface area contributed by atoms with Gasteiger partial charge in [0.2, 0.25) is 11.0 Å². The second kappa shape index (κ2) is 7.30. The Hall–Kier alpha value is -2.29. The number of carboxylic acid groups (broad SMARTS) is 1. The maximum absolute atomic E-state index is 12.3. The van der Waals surface area contributed by atoms with E-state index in [0.29, 0.717) is 22.2 Å². The van der Waals surface area contributed by atoms with Crippen LogP contribution in [-0.4, -0.2) is 38.9 Å². The molecule has 1 aromatic heterocycles. The number of aryl methyl sites for hydroxylation is 1. The Morgan fingerprint density at radius 2 is 2.08 bits per heavy atom. The van der Waals surface area contributed by atoms with Crippen molar-refractivity contribution in [3.8, 4) is 0 Å². The molecular weight excluding hydrogens is 348 g/mol. The van der Waals surface area contributed by atoms with Crippen molar-refractivity contribution in [3.05, 3.63) is 27.5 Å². The number of carbonyl (C=O) groups excluding carboxylic acids is 1. The molecule has 1 aliphatic heterocycles. The van der Waals surface area contributed by atoms with Gasteiger partial charge in [-0.1, -0.05) is 16.9 Å². The topological polar surface area (TPSA) is 107 Å². The quantitative estimate of drug-likeness (QED) is 0.603. The Morgan fingerprint density at radius 1 is 1.40 bits per heavy atom. The Labute approximate surface area is 148 Å². The Balaban J connectivity index is 2.29. The number of aromatic nitrogens is 1. The van der Waals surface area contributed by atoms with Crippen molar-refractivity contribution in [1.82, 2.24) is 4.57 Å². The van der Waals surface area contributed by atoms with E-state index in [1.54, 1.807) is 11.5 Å². The van der Waals surface area contributed by atoms with E-state index < -0.39 is 23.0 Å². The van der Waals surface area contributed by atoms with Crippen LogP contribution in [0.1, 0.15) is 43.6 Å². The van der Waals surface area contributed by atoms with E-state index >= 15 is 0 Å². The zero-order valence-corrected chi connectivity index (χ0v) is 15.3.